The number of aromatic nitrogens is 6. The van der Waals surface area contributed by atoms with Gasteiger partial charge in [-0.15, -0.1) is 10.2 Å². The van der Waals surface area contributed by atoms with Gasteiger partial charge in [-0.05, 0) is 32.8 Å². The van der Waals surface area contributed by atoms with Crippen LogP contribution in [0.4, 0.5) is 0 Å². The Bertz CT molecular complexity index is 907. The zero-order valence-electron chi connectivity index (χ0n) is 14.4. The second kappa shape index (κ2) is 6.27. The molecule has 0 aliphatic heterocycles. The van der Waals surface area contributed by atoms with Gasteiger partial charge in [-0.25, -0.2) is 9.97 Å². The van der Waals surface area contributed by atoms with Crippen molar-refractivity contribution < 1.29 is 4.79 Å². The maximum Gasteiger partial charge on any atom is 0.270 e. The second-order valence-corrected chi connectivity index (χ2v) is 6.57. The van der Waals surface area contributed by atoms with E-state index in [0.717, 1.165) is 18.7 Å². The number of nitrogens with one attached hydrogen (secondary N) is 1. The molecular formula is C17H21N7O. The molecule has 1 fully saturated rings. The number of carbonyl (C=O) groups excluding carboxylic acids is 1. The van der Waals surface area contributed by atoms with E-state index >= 15 is 0 Å². The van der Waals surface area contributed by atoms with Crippen molar-refractivity contribution in [3.8, 4) is 0 Å². The first-order chi connectivity index (χ1) is 12.1. The number of rotatable bonds is 4. The van der Waals surface area contributed by atoms with E-state index in [-0.39, 0.29) is 11.9 Å². The fourth-order valence-electron chi connectivity index (χ4n) is 3.63. The molecule has 8 nitrogen and oxygen atoms in total. The molecule has 8 heteroatoms. The number of amides is 1. The molecule has 0 aromatic carbocycles. The minimum Gasteiger partial charge on any atom is -0.341 e. The Hall–Kier alpha value is -2.77. The third-order valence-corrected chi connectivity index (χ3v) is 4.85. The highest BCUT2D eigenvalue weighted by molar-refractivity contribution is 5.94. The molecule has 0 saturated heterocycles. The maximum absolute atomic E-state index is 12.8. The summed E-state index contributed by atoms with van der Waals surface area (Å²) in [4.78, 5) is 21.4. The Balaban J connectivity index is 1.58. The summed E-state index contributed by atoms with van der Waals surface area (Å²) in [5, 5.41) is 11.3. The fraction of sp³-hybridized carbons (Fsp3) is 0.471. The summed E-state index contributed by atoms with van der Waals surface area (Å²) in [6, 6.07) is 1.98. The summed E-state index contributed by atoms with van der Waals surface area (Å²) >= 11 is 0. The van der Waals surface area contributed by atoms with E-state index in [1.54, 1.807) is 29.2 Å². The molecule has 3 heterocycles. The summed E-state index contributed by atoms with van der Waals surface area (Å²) in [6.07, 6.45) is 9.98. The highest BCUT2D eigenvalue weighted by atomic mass is 16.2. The molecular weight excluding hydrogens is 318 g/mol. The molecule has 25 heavy (non-hydrogen) atoms. The van der Waals surface area contributed by atoms with Gasteiger partial charge < -0.3 is 9.88 Å². The van der Waals surface area contributed by atoms with Crippen LogP contribution in [0.1, 0.15) is 66.7 Å². The molecule has 1 N–H and O–H groups in total. The lowest BCUT2D eigenvalue weighted by Gasteiger charge is -2.18. The van der Waals surface area contributed by atoms with Crippen LogP contribution >= 0.6 is 0 Å². The SMILES string of the molecule is Cc1nc2ncccn2c1C(=O)NC(C)c1nncn1C1CCCC1. The van der Waals surface area contributed by atoms with Crippen molar-refractivity contribution in [1.29, 1.82) is 0 Å². The molecule has 3 aromatic heterocycles. The first-order valence-electron chi connectivity index (χ1n) is 8.65. The van der Waals surface area contributed by atoms with Gasteiger partial charge in [0.15, 0.2) is 5.82 Å². The Morgan fingerprint density at radius 1 is 1.36 bits per heavy atom. The van der Waals surface area contributed by atoms with Crippen molar-refractivity contribution in [2.75, 3.05) is 0 Å². The van der Waals surface area contributed by atoms with E-state index in [1.807, 2.05) is 13.8 Å². The van der Waals surface area contributed by atoms with Crippen LogP contribution in [0.5, 0.6) is 0 Å². The lowest BCUT2D eigenvalue weighted by atomic mass is 10.2. The van der Waals surface area contributed by atoms with Crippen molar-refractivity contribution in [3.63, 3.8) is 0 Å². The van der Waals surface area contributed by atoms with Crippen molar-refractivity contribution in [1.82, 2.24) is 34.4 Å². The quantitative estimate of drug-likeness (QED) is 0.787. The number of hydrogen-bond donors (Lipinski definition) is 1. The molecule has 0 bridgehead atoms. The van der Waals surface area contributed by atoms with Gasteiger partial charge in [0.2, 0.25) is 5.78 Å². The number of carbonyl (C=O) groups is 1. The van der Waals surface area contributed by atoms with Crippen LogP contribution < -0.4 is 5.32 Å². The van der Waals surface area contributed by atoms with Gasteiger partial charge in [-0.3, -0.25) is 9.20 Å². The van der Waals surface area contributed by atoms with E-state index in [2.05, 4.69) is 30.0 Å². The van der Waals surface area contributed by atoms with Gasteiger partial charge in [0.1, 0.15) is 12.0 Å². The van der Waals surface area contributed by atoms with Crippen LogP contribution in [-0.2, 0) is 0 Å². The summed E-state index contributed by atoms with van der Waals surface area (Å²) in [5.74, 6) is 1.13. The molecule has 1 aliphatic rings. The molecule has 0 spiro atoms. The Morgan fingerprint density at radius 2 is 2.16 bits per heavy atom. The number of fused-ring (bicyclic) bond motifs is 1. The lowest BCUT2D eigenvalue weighted by molar-refractivity contribution is 0.0930. The molecule has 3 aromatic rings. The zero-order valence-corrected chi connectivity index (χ0v) is 14.4. The molecule has 1 aliphatic carbocycles. The summed E-state index contributed by atoms with van der Waals surface area (Å²) in [7, 11) is 0. The number of aryl methyl sites for hydroxylation is 1. The highest BCUT2D eigenvalue weighted by Gasteiger charge is 2.25. The van der Waals surface area contributed by atoms with Crippen LogP contribution in [0.25, 0.3) is 5.78 Å². The molecule has 0 radical (unpaired) electrons. The normalized spacial score (nSPS) is 16.4. The third kappa shape index (κ3) is 2.77. The highest BCUT2D eigenvalue weighted by Crippen LogP contribution is 2.31. The average molecular weight is 339 g/mol. The predicted molar refractivity (Wildman–Crippen MR) is 91.1 cm³/mol. The molecule has 4 rings (SSSR count). The fourth-order valence-corrected chi connectivity index (χ4v) is 3.63. The van der Waals surface area contributed by atoms with Crippen LogP contribution in [0, 0.1) is 6.92 Å². The second-order valence-electron chi connectivity index (χ2n) is 6.57. The molecule has 1 atom stereocenters. The topological polar surface area (TPSA) is 90.0 Å². The standard InChI is InChI=1S/C17H21N7O/c1-11-14(23-9-5-8-18-17(23)21-11)16(25)20-12(2)15-22-19-10-24(15)13-6-3-4-7-13/h5,8-10,12-13H,3-4,6-7H2,1-2H3,(H,20,25). The molecule has 1 amide bonds. The van der Waals surface area contributed by atoms with Crippen molar-refractivity contribution >= 4 is 11.7 Å². The third-order valence-electron chi connectivity index (χ3n) is 4.85. The number of nitrogens with zero attached hydrogens (tertiary/aromatic N) is 6. The van der Waals surface area contributed by atoms with Crippen molar-refractivity contribution in [2.24, 2.45) is 0 Å². The van der Waals surface area contributed by atoms with E-state index in [0.29, 0.717) is 23.2 Å². The average Bonchev–Trinajstić information content (AvgIpc) is 3.32. The van der Waals surface area contributed by atoms with Gasteiger partial charge in [0, 0.05) is 18.4 Å². The molecule has 1 saturated carbocycles. The van der Waals surface area contributed by atoms with Gasteiger partial charge >= 0.3 is 0 Å². The first-order valence-corrected chi connectivity index (χ1v) is 8.65. The number of imidazole rings is 1. The van der Waals surface area contributed by atoms with Gasteiger partial charge in [0.25, 0.3) is 5.91 Å². The lowest BCUT2D eigenvalue weighted by Crippen LogP contribution is -2.30. The van der Waals surface area contributed by atoms with E-state index in [4.69, 9.17) is 0 Å². The number of hydrogen-bond acceptors (Lipinski definition) is 5. The van der Waals surface area contributed by atoms with Gasteiger partial charge in [-0.2, -0.15) is 0 Å². The van der Waals surface area contributed by atoms with Crippen LogP contribution in [0.3, 0.4) is 0 Å². The van der Waals surface area contributed by atoms with E-state index in [9.17, 15) is 4.79 Å². The van der Waals surface area contributed by atoms with Gasteiger partial charge in [-0.1, -0.05) is 12.8 Å². The minimum absolute atomic E-state index is 0.188. The summed E-state index contributed by atoms with van der Waals surface area (Å²) < 4.78 is 3.82. The Kier molecular flexibility index (Phi) is 3.95. The van der Waals surface area contributed by atoms with Gasteiger partial charge in [0.05, 0.1) is 11.7 Å². The zero-order chi connectivity index (χ0) is 17.4. The van der Waals surface area contributed by atoms with Crippen molar-refractivity contribution in [2.45, 2.75) is 51.6 Å². The molecule has 1 unspecified atom stereocenters. The summed E-state index contributed by atoms with van der Waals surface area (Å²) in [5.41, 5.74) is 1.16. The van der Waals surface area contributed by atoms with Crippen LogP contribution in [0.15, 0.2) is 24.8 Å². The monoisotopic (exact) mass is 339 g/mol. The summed E-state index contributed by atoms with van der Waals surface area (Å²) in [6.45, 7) is 3.75. The van der Waals surface area contributed by atoms with E-state index < -0.39 is 0 Å². The first kappa shape index (κ1) is 15.7. The Labute approximate surface area is 145 Å². The minimum atomic E-state index is -0.239. The predicted octanol–water partition coefficient (Wildman–Crippen LogP) is 2.24. The Morgan fingerprint density at radius 3 is 2.96 bits per heavy atom. The van der Waals surface area contributed by atoms with Crippen molar-refractivity contribution in [3.05, 3.63) is 42.0 Å². The maximum atomic E-state index is 12.8. The van der Waals surface area contributed by atoms with Crippen LogP contribution in [-0.4, -0.2) is 35.0 Å². The van der Waals surface area contributed by atoms with E-state index in [1.165, 1.54) is 12.8 Å². The molecule has 130 valence electrons. The van der Waals surface area contributed by atoms with Crippen LogP contribution in [0.2, 0.25) is 0 Å². The largest absolute Gasteiger partial charge is 0.341 e. The smallest absolute Gasteiger partial charge is 0.270 e.